The zero-order valence-electron chi connectivity index (χ0n) is 16.8. The van der Waals surface area contributed by atoms with Gasteiger partial charge in [-0.3, -0.25) is 14.9 Å². The van der Waals surface area contributed by atoms with Crippen LogP contribution in [0, 0.1) is 0 Å². The number of benzene rings is 2. The first-order chi connectivity index (χ1) is 14.9. The van der Waals surface area contributed by atoms with Crippen molar-refractivity contribution in [2.75, 3.05) is 11.7 Å². The molecule has 160 valence electrons. The van der Waals surface area contributed by atoms with E-state index >= 15 is 0 Å². The molecule has 8 nitrogen and oxygen atoms in total. The molecule has 4 amide bonds. The fourth-order valence-corrected chi connectivity index (χ4v) is 3.58. The summed E-state index contributed by atoms with van der Waals surface area (Å²) in [5.41, 5.74) is 0.699. The summed E-state index contributed by atoms with van der Waals surface area (Å²) in [5.74, 6) is 0.103. The highest BCUT2D eigenvalue weighted by Gasteiger charge is 2.37. The van der Waals surface area contributed by atoms with Crippen LogP contribution < -0.4 is 24.4 Å². The van der Waals surface area contributed by atoms with Crippen LogP contribution >= 0.6 is 15.9 Å². The molecule has 2 aromatic carbocycles. The van der Waals surface area contributed by atoms with Crippen LogP contribution in [0.15, 0.2) is 46.4 Å². The van der Waals surface area contributed by atoms with Crippen LogP contribution in [0.1, 0.15) is 25.8 Å². The number of halogens is 1. The van der Waals surface area contributed by atoms with E-state index in [2.05, 4.69) is 21.2 Å². The first kappa shape index (κ1) is 20.9. The Balaban J connectivity index is 1.64. The molecule has 0 bridgehead atoms. The maximum Gasteiger partial charge on any atom is 0.335 e. The molecule has 2 aromatic rings. The molecule has 0 saturated carbocycles. The van der Waals surface area contributed by atoms with Gasteiger partial charge in [0.05, 0.1) is 16.3 Å². The van der Waals surface area contributed by atoms with Crippen molar-refractivity contribution in [3.8, 4) is 17.2 Å². The maximum absolute atomic E-state index is 13.1. The van der Waals surface area contributed by atoms with Gasteiger partial charge in [0.15, 0.2) is 11.5 Å². The highest BCUT2D eigenvalue weighted by atomic mass is 79.9. The van der Waals surface area contributed by atoms with E-state index in [4.69, 9.17) is 14.2 Å². The normalized spacial score (nSPS) is 17.7. The van der Waals surface area contributed by atoms with Crippen molar-refractivity contribution >= 4 is 45.5 Å². The lowest BCUT2D eigenvalue weighted by atomic mass is 10.1. The van der Waals surface area contributed by atoms with Gasteiger partial charge in [0.1, 0.15) is 11.3 Å². The first-order valence-corrected chi connectivity index (χ1v) is 10.4. The molecular weight excluding hydrogens is 468 g/mol. The molecule has 31 heavy (non-hydrogen) atoms. The number of rotatable bonds is 5. The molecule has 1 atom stereocenters. The lowest BCUT2D eigenvalue weighted by Gasteiger charge is -2.26. The predicted octanol–water partition coefficient (Wildman–Crippen LogP) is 4.02. The molecule has 2 aliphatic heterocycles. The minimum Gasteiger partial charge on any atom is -0.490 e. The van der Waals surface area contributed by atoms with E-state index in [1.54, 1.807) is 30.3 Å². The zero-order valence-corrected chi connectivity index (χ0v) is 18.4. The van der Waals surface area contributed by atoms with Crippen molar-refractivity contribution in [1.82, 2.24) is 5.32 Å². The van der Waals surface area contributed by atoms with E-state index in [9.17, 15) is 14.4 Å². The monoisotopic (exact) mass is 486 g/mol. The van der Waals surface area contributed by atoms with Crippen molar-refractivity contribution in [2.45, 2.75) is 26.4 Å². The molecule has 1 saturated heterocycles. The van der Waals surface area contributed by atoms with E-state index in [0.717, 1.165) is 11.3 Å². The second kappa shape index (κ2) is 8.43. The quantitative estimate of drug-likeness (QED) is 0.506. The highest BCUT2D eigenvalue weighted by molar-refractivity contribution is 9.10. The van der Waals surface area contributed by atoms with Crippen LogP contribution in [0.5, 0.6) is 17.2 Å². The summed E-state index contributed by atoms with van der Waals surface area (Å²) in [7, 11) is 0. The number of urea groups is 1. The van der Waals surface area contributed by atoms with Crippen molar-refractivity contribution in [3.63, 3.8) is 0 Å². The third-order valence-electron chi connectivity index (χ3n) is 4.89. The molecule has 0 aliphatic carbocycles. The van der Waals surface area contributed by atoms with Gasteiger partial charge in [-0.15, -0.1) is 0 Å². The summed E-state index contributed by atoms with van der Waals surface area (Å²) in [5, 5.41) is 2.21. The number of fused-ring (bicyclic) bond motifs is 1. The summed E-state index contributed by atoms with van der Waals surface area (Å²) < 4.78 is 17.1. The Hall–Kier alpha value is -3.33. The van der Waals surface area contributed by atoms with E-state index < -0.39 is 17.8 Å². The standard InChI is InChI=1S/C22H19BrN2O6/c1-3-12(2)31-17-6-4-13(9-16(17)23)8-15-20(26)24-22(28)25(21(15)27)14-5-7-18-19(10-14)30-11-29-18/h4-10,12H,3,11H2,1-2H3,(H,24,26,28)/b15-8+/t12-/m1/s1. The van der Waals surface area contributed by atoms with Gasteiger partial charge in [-0.1, -0.05) is 13.0 Å². The number of imide groups is 2. The molecular formula is C22H19BrN2O6. The van der Waals surface area contributed by atoms with Gasteiger partial charge in [-0.25, -0.2) is 9.69 Å². The fraction of sp³-hybridized carbons (Fsp3) is 0.227. The average Bonchev–Trinajstić information content (AvgIpc) is 3.20. The molecule has 1 fully saturated rings. The molecule has 2 heterocycles. The Morgan fingerprint density at radius 1 is 1.16 bits per heavy atom. The number of ether oxygens (including phenoxy) is 3. The Morgan fingerprint density at radius 2 is 1.94 bits per heavy atom. The third kappa shape index (κ3) is 4.13. The highest BCUT2D eigenvalue weighted by Crippen LogP contribution is 2.36. The predicted molar refractivity (Wildman–Crippen MR) is 116 cm³/mol. The lowest BCUT2D eigenvalue weighted by Crippen LogP contribution is -2.54. The number of hydrogen-bond acceptors (Lipinski definition) is 6. The van der Waals surface area contributed by atoms with Crippen LogP contribution in [-0.2, 0) is 9.59 Å². The lowest BCUT2D eigenvalue weighted by molar-refractivity contribution is -0.122. The SMILES string of the molecule is CC[C@@H](C)Oc1ccc(/C=C2\C(=O)NC(=O)N(c3ccc4c(c3)OCO4)C2=O)cc1Br. The van der Waals surface area contributed by atoms with E-state index in [1.807, 2.05) is 13.8 Å². The van der Waals surface area contributed by atoms with E-state index in [1.165, 1.54) is 12.1 Å². The fourth-order valence-electron chi connectivity index (χ4n) is 3.09. The molecule has 0 spiro atoms. The summed E-state index contributed by atoms with van der Waals surface area (Å²) >= 11 is 3.46. The van der Waals surface area contributed by atoms with Crippen molar-refractivity contribution in [2.24, 2.45) is 0 Å². The van der Waals surface area contributed by atoms with Gasteiger partial charge in [0.2, 0.25) is 6.79 Å². The molecule has 0 radical (unpaired) electrons. The van der Waals surface area contributed by atoms with Gasteiger partial charge in [0.25, 0.3) is 11.8 Å². The van der Waals surface area contributed by atoms with E-state index in [0.29, 0.717) is 27.3 Å². The number of nitrogens with zero attached hydrogens (tertiary/aromatic N) is 1. The summed E-state index contributed by atoms with van der Waals surface area (Å²) in [6.07, 6.45) is 2.34. The van der Waals surface area contributed by atoms with Crippen LogP contribution in [0.2, 0.25) is 0 Å². The first-order valence-electron chi connectivity index (χ1n) is 9.64. The maximum atomic E-state index is 13.1. The Bertz CT molecular complexity index is 1110. The zero-order chi connectivity index (χ0) is 22.1. The van der Waals surface area contributed by atoms with Gasteiger partial charge < -0.3 is 14.2 Å². The van der Waals surface area contributed by atoms with Crippen LogP contribution in [0.4, 0.5) is 10.5 Å². The second-order valence-corrected chi connectivity index (χ2v) is 7.88. The molecule has 0 unspecified atom stereocenters. The summed E-state index contributed by atoms with van der Waals surface area (Å²) in [4.78, 5) is 38.7. The molecule has 4 rings (SSSR count). The second-order valence-electron chi connectivity index (χ2n) is 7.02. The summed E-state index contributed by atoms with van der Waals surface area (Å²) in [6, 6.07) is 9.08. The van der Waals surface area contributed by atoms with Gasteiger partial charge in [-0.05, 0) is 65.2 Å². The van der Waals surface area contributed by atoms with Gasteiger partial charge >= 0.3 is 6.03 Å². The van der Waals surface area contributed by atoms with Crippen molar-refractivity contribution in [3.05, 3.63) is 52.0 Å². The number of anilines is 1. The van der Waals surface area contributed by atoms with Gasteiger partial charge in [0, 0.05) is 6.07 Å². The largest absolute Gasteiger partial charge is 0.490 e. The van der Waals surface area contributed by atoms with Crippen LogP contribution in [0.25, 0.3) is 6.08 Å². The number of nitrogens with one attached hydrogen (secondary N) is 1. The van der Waals surface area contributed by atoms with Crippen LogP contribution in [-0.4, -0.2) is 30.7 Å². The number of carbonyl (C=O) groups excluding carboxylic acids is 3. The summed E-state index contributed by atoms with van der Waals surface area (Å²) in [6.45, 7) is 4.06. The topological polar surface area (TPSA) is 94.2 Å². The molecule has 2 aliphatic rings. The number of hydrogen-bond donors (Lipinski definition) is 1. The van der Waals surface area contributed by atoms with Crippen LogP contribution in [0.3, 0.4) is 0 Å². The number of barbiturate groups is 1. The van der Waals surface area contributed by atoms with Crippen molar-refractivity contribution < 1.29 is 28.6 Å². The Morgan fingerprint density at radius 3 is 2.68 bits per heavy atom. The third-order valence-corrected chi connectivity index (χ3v) is 5.51. The average molecular weight is 487 g/mol. The number of carbonyl (C=O) groups is 3. The number of amides is 4. The van der Waals surface area contributed by atoms with Crippen molar-refractivity contribution in [1.29, 1.82) is 0 Å². The molecule has 0 aromatic heterocycles. The minimum atomic E-state index is -0.829. The Kier molecular flexibility index (Phi) is 5.69. The minimum absolute atomic E-state index is 0.0486. The van der Waals surface area contributed by atoms with E-state index in [-0.39, 0.29) is 24.2 Å². The smallest absolute Gasteiger partial charge is 0.335 e. The Labute approximate surface area is 186 Å². The molecule has 1 N–H and O–H groups in total. The molecule has 9 heteroatoms. The van der Waals surface area contributed by atoms with Gasteiger partial charge in [-0.2, -0.15) is 0 Å².